The zero-order valence-corrected chi connectivity index (χ0v) is 42.6. The molecular weight excluding hydrogens is 969 g/mol. The predicted molar refractivity (Wildman–Crippen MR) is 263 cm³/mol. The summed E-state index contributed by atoms with van der Waals surface area (Å²) in [5.74, 6) is -7.16. The topological polar surface area (TPSA) is 373 Å². The third kappa shape index (κ3) is 17.0. The Morgan fingerprint density at radius 2 is 1.35 bits per heavy atom. The van der Waals surface area contributed by atoms with Gasteiger partial charge in [0.2, 0.25) is 47.9 Å². The first kappa shape index (κ1) is 61.0. The van der Waals surface area contributed by atoms with E-state index in [1.165, 1.54) is 18.6 Å². The zero-order chi connectivity index (χ0) is 55.0. The van der Waals surface area contributed by atoms with Gasteiger partial charge in [-0.3, -0.25) is 33.6 Å². The molecule has 3 saturated heterocycles. The molecule has 414 valence electrons. The van der Waals surface area contributed by atoms with Crippen molar-refractivity contribution >= 4 is 41.4 Å². The first-order chi connectivity index (χ1) is 35.0. The van der Waals surface area contributed by atoms with Crippen LogP contribution in [0.4, 0.5) is 0 Å². The van der Waals surface area contributed by atoms with Gasteiger partial charge in [0.15, 0.2) is 12.3 Å². The van der Waals surface area contributed by atoms with E-state index in [4.69, 9.17) is 6.57 Å². The second kappa shape index (κ2) is 29.0. The third-order valence-corrected chi connectivity index (χ3v) is 14.2. The Morgan fingerprint density at radius 1 is 0.743 bits per heavy atom. The lowest BCUT2D eigenvalue weighted by Gasteiger charge is -2.34. The minimum absolute atomic E-state index is 0.0691. The van der Waals surface area contributed by atoms with Gasteiger partial charge >= 0.3 is 0 Å². The van der Waals surface area contributed by atoms with E-state index in [-0.39, 0.29) is 24.2 Å². The lowest BCUT2D eigenvalue weighted by molar-refractivity contribution is -0.148. The molecule has 3 heterocycles. The quantitative estimate of drug-likeness (QED) is 0.0512. The number of unbranched alkanes of at least 4 members (excludes halogenated alkanes) is 5. The molecule has 0 spiro atoms. The van der Waals surface area contributed by atoms with E-state index >= 15 is 0 Å². The van der Waals surface area contributed by atoms with Crippen molar-refractivity contribution in [3.8, 4) is 5.75 Å². The van der Waals surface area contributed by atoms with Crippen molar-refractivity contribution in [2.24, 2.45) is 11.8 Å². The highest BCUT2D eigenvalue weighted by Gasteiger charge is 2.49. The maximum Gasteiger partial charge on any atom is 0.248 e. The molecule has 3 aliphatic rings. The molecular formula is C50H78N8O16. The summed E-state index contributed by atoms with van der Waals surface area (Å²) in [6, 6.07) is -7.06. The largest absolute Gasteiger partial charge is 0.508 e. The van der Waals surface area contributed by atoms with Crippen LogP contribution in [0.3, 0.4) is 0 Å². The van der Waals surface area contributed by atoms with E-state index in [2.05, 4.69) is 52.2 Å². The predicted octanol–water partition coefficient (Wildman–Crippen LogP) is -2.30. The lowest BCUT2D eigenvalue weighted by Crippen LogP contribution is -2.64. The molecule has 74 heavy (non-hydrogen) atoms. The number of nitrogens with zero attached hydrogens (tertiary/aromatic N) is 3. The van der Waals surface area contributed by atoms with Crippen molar-refractivity contribution in [3.05, 3.63) is 41.2 Å². The maximum absolute atomic E-state index is 14.3. The number of carbonyl (C=O) groups excluding carboxylic acids is 7. The van der Waals surface area contributed by atoms with Crippen LogP contribution < -0.4 is 26.6 Å². The molecule has 0 aromatic heterocycles. The van der Waals surface area contributed by atoms with Gasteiger partial charge in [0, 0.05) is 32.4 Å². The summed E-state index contributed by atoms with van der Waals surface area (Å²) >= 11 is 0. The van der Waals surface area contributed by atoms with E-state index < -0.39 is 159 Å². The fourth-order valence-electron chi connectivity index (χ4n) is 9.67. The number of amides is 7. The third-order valence-electron chi connectivity index (χ3n) is 14.2. The molecule has 0 saturated carbocycles. The van der Waals surface area contributed by atoms with Crippen molar-refractivity contribution in [2.45, 2.75) is 196 Å². The first-order valence-corrected chi connectivity index (χ1v) is 25.7. The summed E-state index contributed by atoms with van der Waals surface area (Å²) in [7, 11) is 0. The molecule has 0 radical (unpaired) electrons. The van der Waals surface area contributed by atoms with Crippen LogP contribution in [-0.4, -0.2) is 196 Å². The van der Waals surface area contributed by atoms with Gasteiger partial charge in [0.25, 0.3) is 0 Å². The number of aliphatic hydroxyl groups excluding tert-OH is 8. The van der Waals surface area contributed by atoms with Crippen molar-refractivity contribution in [3.63, 3.8) is 0 Å². The maximum atomic E-state index is 14.3. The Bertz CT molecular complexity index is 2090. The normalized spacial score (nSPS) is 29.2. The number of fused-ring (bicyclic) bond motifs is 2. The fraction of sp³-hybridized carbons (Fsp3) is 0.720. The van der Waals surface area contributed by atoms with Gasteiger partial charge in [-0.15, -0.1) is 0 Å². The number of carbonyl (C=O) groups is 7. The van der Waals surface area contributed by atoms with Gasteiger partial charge in [0.1, 0.15) is 60.3 Å². The Balaban J connectivity index is 1.68. The molecule has 1 aromatic carbocycles. The molecule has 24 nitrogen and oxygen atoms in total. The summed E-state index contributed by atoms with van der Waals surface area (Å²) in [6.07, 6.45) is -8.69. The first-order valence-electron chi connectivity index (χ1n) is 25.7. The number of nitrogens with one attached hydrogen (secondary N) is 5. The minimum atomic E-state index is -2.32. The summed E-state index contributed by atoms with van der Waals surface area (Å²) in [6.45, 7) is 13.4. The molecule has 2 unspecified atom stereocenters. The summed E-state index contributed by atoms with van der Waals surface area (Å²) in [4.78, 5) is 103. The van der Waals surface area contributed by atoms with Gasteiger partial charge in [-0.1, -0.05) is 77.8 Å². The van der Waals surface area contributed by atoms with Gasteiger partial charge in [-0.2, -0.15) is 0 Å². The van der Waals surface area contributed by atoms with E-state index in [1.807, 2.05) is 0 Å². The molecule has 7 amide bonds. The minimum Gasteiger partial charge on any atom is -0.508 e. The molecule has 0 bridgehead atoms. The van der Waals surface area contributed by atoms with Gasteiger partial charge in [0.05, 0.1) is 18.3 Å². The number of phenolic OH excluding ortho intramolecular Hbond substituents is 1. The highest BCUT2D eigenvalue weighted by Crippen LogP contribution is 2.26. The van der Waals surface area contributed by atoms with Crippen molar-refractivity contribution in [1.82, 2.24) is 36.4 Å². The average Bonchev–Trinajstić information content (AvgIpc) is 3.95. The molecule has 1 aromatic rings. The van der Waals surface area contributed by atoms with Crippen LogP contribution in [0.1, 0.15) is 123 Å². The summed E-state index contributed by atoms with van der Waals surface area (Å²) < 4.78 is 0. The van der Waals surface area contributed by atoms with Crippen LogP contribution in [-0.2, 0) is 33.6 Å². The Kier molecular flexibility index (Phi) is 23.9. The number of aromatic hydroxyl groups is 1. The lowest BCUT2D eigenvalue weighted by atomic mass is 9.91. The van der Waals surface area contributed by atoms with Gasteiger partial charge < -0.3 is 87.2 Å². The Morgan fingerprint density at radius 3 is 1.99 bits per heavy atom. The van der Waals surface area contributed by atoms with Gasteiger partial charge in [-0.05, 0) is 55.7 Å². The molecule has 14 N–H and O–H groups in total. The average molecular weight is 1050 g/mol. The molecule has 16 atom stereocenters. The molecule has 4 rings (SSSR count). The zero-order valence-electron chi connectivity index (χ0n) is 42.6. The van der Waals surface area contributed by atoms with Crippen LogP contribution in [0.5, 0.6) is 5.75 Å². The second-order valence-electron chi connectivity index (χ2n) is 20.3. The molecule has 0 aliphatic carbocycles. The van der Waals surface area contributed by atoms with Crippen LogP contribution in [0.15, 0.2) is 24.3 Å². The highest BCUT2D eigenvalue weighted by atomic mass is 16.3. The summed E-state index contributed by atoms with van der Waals surface area (Å²) in [5, 5.41) is 110. The molecule has 24 heteroatoms. The van der Waals surface area contributed by atoms with Crippen LogP contribution in [0.2, 0.25) is 0 Å². The Hall–Kier alpha value is -5.52. The number of rotatable bonds is 19. The highest BCUT2D eigenvalue weighted by molar-refractivity contribution is 5.98. The van der Waals surface area contributed by atoms with Crippen LogP contribution in [0.25, 0.3) is 4.85 Å². The smallest absolute Gasteiger partial charge is 0.248 e. The fourth-order valence-corrected chi connectivity index (χ4v) is 9.67. The van der Waals surface area contributed by atoms with Crippen molar-refractivity contribution in [1.29, 1.82) is 0 Å². The van der Waals surface area contributed by atoms with Crippen molar-refractivity contribution in [2.75, 3.05) is 19.6 Å². The van der Waals surface area contributed by atoms with Gasteiger partial charge in [-0.25, -0.2) is 6.57 Å². The number of hydrogen-bond acceptors (Lipinski definition) is 16. The van der Waals surface area contributed by atoms with E-state index in [1.54, 1.807) is 0 Å². The standard InChI is InChI=1S/C50H78N8O16/c1-6-26(2)21-27(3)13-11-9-7-8-10-12-14-37(65)52-32-23-35(63)46(70)56-48(72)41-34(62)19-20-57(41)50(74)39(36(64)24-51-5)54-47(71)40(43(67)42(66)29-15-17-30(60)18-16-29)55-45(69)33-22-31(61)25-58(33)49(73)38(28(4)59)53-44(32)68/h15-18,26-28,31-36,38-43,46,59-64,66-67,70H,6-14,19-25H2,1-4H3,(H,52,65)(H,53,68)(H,54,71)(H,55,69)(H,56,72)/t26?,27?,28-,31-,32+,33+,34+,35-,36-,38+,39+,40+,41+,42-,43+,46-/m1/s1. The van der Waals surface area contributed by atoms with Crippen LogP contribution >= 0.6 is 0 Å². The van der Waals surface area contributed by atoms with Crippen molar-refractivity contribution < 1.29 is 79.5 Å². The molecule has 3 aliphatic heterocycles. The number of benzene rings is 1. The number of aliphatic hydroxyl groups is 8. The second-order valence-corrected chi connectivity index (χ2v) is 20.3. The van der Waals surface area contributed by atoms with E-state index in [0.29, 0.717) is 24.7 Å². The van der Waals surface area contributed by atoms with Crippen LogP contribution in [0, 0.1) is 18.4 Å². The van der Waals surface area contributed by atoms with E-state index in [0.717, 1.165) is 67.4 Å². The van der Waals surface area contributed by atoms with E-state index in [9.17, 15) is 79.5 Å². The monoisotopic (exact) mass is 1050 g/mol. The molecule has 3 fully saturated rings. The summed E-state index contributed by atoms with van der Waals surface area (Å²) in [5.41, 5.74) is -0.0933. The number of phenols is 1. The SMILES string of the molecule is [C-]#[N+]C[C@@H](O)[C@@H]1NC(=O)[C@H]([C@H](O)[C@H](O)c2ccc(O)cc2)NC(=O)[C@@H]2C[C@@H](O)CN2C(=O)[C@H]([C@@H](C)O)NC(=O)[C@@H](NC(=O)CCCCCCCCC(C)CC(C)CC)C[C@@H](O)[C@@H](O)NC(=O)[C@@H]2[C@@H](O)CCN2C1=O. The Labute approximate surface area is 431 Å². The number of hydrogen-bond donors (Lipinski definition) is 14.